The van der Waals surface area contributed by atoms with Crippen molar-refractivity contribution < 1.29 is 4.42 Å². The Morgan fingerprint density at radius 3 is 2.69 bits per heavy atom. The highest BCUT2D eigenvalue weighted by Gasteiger charge is 2.19. The number of hydrogen-bond acceptors (Lipinski definition) is 2. The summed E-state index contributed by atoms with van der Waals surface area (Å²) in [4.78, 5) is 0. The zero-order chi connectivity index (χ0) is 9.84. The summed E-state index contributed by atoms with van der Waals surface area (Å²) in [6, 6.07) is 2.21. The molecule has 0 fully saturated rings. The van der Waals surface area contributed by atoms with Crippen LogP contribution in [-0.4, -0.2) is 7.05 Å². The molecule has 2 unspecified atom stereocenters. The van der Waals surface area contributed by atoms with Gasteiger partial charge in [-0.25, -0.2) is 0 Å². The Kier molecular flexibility index (Phi) is 3.82. The molecule has 2 atom stereocenters. The first-order valence-electron chi connectivity index (χ1n) is 4.60. The van der Waals surface area contributed by atoms with Crippen LogP contribution < -0.4 is 5.32 Å². The number of furan rings is 1. The summed E-state index contributed by atoms with van der Waals surface area (Å²) in [6.45, 7) is 4.37. The first-order chi connectivity index (χ1) is 6.20. The van der Waals surface area contributed by atoms with E-state index in [2.05, 4.69) is 19.2 Å². The predicted octanol–water partition coefficient (Wildman–Crippen LogP) is 3.24. The third kappa shape index (κ3) is 2.26. The smallest absolute Gasteiger partial charge is 0.197 e. The van der Waals surface area contributed by atoms with Crippen molar-refractivity contribution in [2.24, 2.45) is 5.92 Å². The second kappa shape index (κ2) is 4.68. The largest absolute Gasteiger partial charge is 0.453 e. The Morgan fingerprint density at radius 2 is 2.31 bits per heavy atom. The van der Waals surface area contributed by atoms with Crippen molar-refractivity contribution in [3.63, 3.8) is 0 Å². The van der Waals surface area contributed by atoms with Gasteiger partial charge in [0.05, 0.1) is 6.26 Å². The molecule has 1 heterocycles. The maximum Gasteiger partial charge on any atom is 0.197 e. The van der Waals surface area contributed by atoms with E-state index < -0.39 is 0 Å². The van der Waals surface area contributed by atoms with Gasteiger partial charge in [0.25, 0.3) is 0 Å². The van der Waals surface area contributed by atoms with E-state index in [-0.39, 0.29) is 6.04 Å². The normalized spacial score (nSPS) is 15.7. The molecule has 0 aromatic carbocycles. The maximum atomic E-state index is 5.91. The second-order valence-corrected chi connectivity index (χ2v) is 3.64. The Bertz CT molecular complexity index is 259. The van der Waals surface area contributed by atoms with E-state index in [4.69, 9.17) is 16.0 Å². The van der Waals surface area contributed by atoms with Gasteiger partial charge in [-0.1, -0.05) is 20.3 Å². The number of hydrogen-bond donors (Lipinski definition) is 1. The van der Waals surface area contributed by atoms with Gasteiger partial charge in [0.1, 0.15) is 0 Å². The average molecular weight is 202 g/mol. The van der Waals surface area contributed by atoms with Gasteiger partial charge in [0.2, 0.25) is 0 Å². The van der Waals surface area contributed by atoms with Crippen molar-refractivity contribution in [1.82, 2.24) is 5.32 Å². The molecule has 1 rings (SSSR count). The van der Waals surface area contributed by atoms with E-state index in [9.17, 15) is 0 Å². The molecule has 3 heteroatoms. The highest BCUT2D eigenvalue weighted by Crippen LogP contribution is 2.30. The Labute approximate surface area is 84.3 Å². The molecule has 1 N–H and O–H groups in total. The van der Waals surface area contributed by atoms with Crippen LogP contribution in [-0.2, 0) is 0 Å². The van der Waals surface area contributed by atoms with Crippen molar-refractivity contribution in [2.75, 3.05) is 7.05 Å². The lowest BCUT2D eigenvalue weighted by atomic mass is 9.94. The van der Waals surface area contributed by atoms with Gasteiger partial charge in [-0.3, -0.25) is 0 Å². The molecule has 0 saturated heterocycles. The topological polar surface area (TPSA) is 25.2 Å². The first-order valence-corrected chi connectivity index (χ1v) is 4.98. The summed E-state index contributed by atoms with van der Waals surface area (Å²) in [5, 5.41) is 3.75. The van der Waals surface area contributed by atoms with Crippen molar-refractivity contribution >= 4 is 11.6 Å². The van der Waals surface area contributed by atoms with Crippen molar-refractivity contribution in [3.05, 3.63) is 23.1 Å². The van der Waals surface area contributed by atoms with Crippen LogP contribution >= 0.6 is 11.6 Å². The molecule has 0 saturated carbocycles. The van der Waals surface area contributed by atoms with Gasteiger partial charge in [-0.05, 0) is 30.6 Å². The lowest BCUT2D eigenvalue weighted by molar-refractivity contribution is 0.397. The predicted molar refractivity (Wildman–Crippen MR) is 55.0 cm³/mol. The minimum absolute atomic E-state index is 0.288. The molecule has 0 radical (unpaired) electrons. The van der Waals surface area contributed by atoms with E-state index in [0.29, 0.717) is 11.1 Å². The van der Waals surface area contributed by atoms with Crippen molar-refractivity contribution in [1.29, 1.82) is 0 Å². The van der Waals surface area contributed by atoms with Crippen LogP contribution in [0.15, 0.2) is 16.7 Å². The molecule has 74 valence electrons. The monoisotopic (exact) mass is 201 g/mol. The Balaban J connectivity index is 2.84. The minimum atomic E-state index is 0.288. The van der Waals surface area contributed by atoms with Gasteiger partial charge in [0.15, 0.2) is 5.22 Å². The van der Waals surface area contributed by atoms with Gasteiger partial charge in [-0.2, -0.15) is 0 Å². The lowest BCUT2D eigenvalue weighted by Gasteiger charge is -2.21. The molecule has 0 aliphatic carbocycles. The molecule has 13 heavy (non-hydrogen) atoms. The molecular formula is C10H16ClNO. The second-order valence-electron chi connectivity index (χ2n) is 3.30. The lowest BCUT2D eigenvalue weighted by Crippen LogP contribution is -2.22. The Morgan fingerprint density at radius 1 is 1.62 bits per heavy atom. The van der Waals surface area contributed by atoms with E-state index in [1.54, 1.807) is 6.26 Å². The Hall–Kier alpha value is -0.470. The molecule has 1 aromatic rings. The van der Waals surface area contributed by atoms with E-state index >= 15 is 0 Å². The fraction of sp³-hybridized carbons (Fsp3) is 0.600. The fourth-order valence-electron chi connectivity index (χ4n) is 1.51. The van der Waals surface area contributed by atoms with E-state index in [0.717, 1.165) is 12.0 Å². The quantitative estimate of drug-likeness (QED) is 0.809. The third-order valence-corrected chi connectivity index (χ3v) is 2.81. The van der Waals surface area contributed by atoms with Gasteiger partial charge < -0.3 is 9.73 Å². The third-order valence-electron chi connectivity index (χ3n) is 2.51. The summed E-state index contributed by atoms with van der Waals surface area (Å²) < 4.78 is 5.07. The summed E-state index contributed by atoms with van der Waals surface area (Å²) >= 11 is 5.91. The van der Waals surface area contributed by atoms with E-state index in [1.807, 2.05) is 13.1 Å². The SMILES string of the molecule is CCC(C)C(NC)c1ccoc1Cl. The van der Waals surface area contributed by atoms with Gasteiger partial charge in [-0.15, -0.1) is 0 Å². The van der Waals surface area contributed by atoms with Crippen LogP contribution in [0, 0.1) is 5.92 Å². The molecule has 0 spiro atoms. The molecule has 0 aliphatic rings. The average Bonchev–Trinajstić information content (AvgIpc) is 2.53. The van der Waals surface area contributed by atoms with Crippen molar-refractivity contribution in [2.45, 2.75) is 26.3 Å². The number of nitrogens with one attached hydrogen (secondary N) is 1. The zero-order valence-electron chi connectivity index (χ0n) is 8.30. The number of rotatable bonds is 4. The van der Waals surface area contributed by atoms with Crippen LogP contribution in [0.5, 0.6) is 0 Å². The van der Waals surface area contributed by atoms with Gasteiger partial charge >= 0.3 is 0 Å². The standard InChI is InChI=1S/C10H16ClNO/c1-4-7(2)9(12-3)8-5-6-13-10(8)11/h5-7,9,12H,4H2,1-3H3. The zero-order valence-corrected chi connectivity index (χ0v) is 9.06. The van der Waals surface area contributed by atoms with Crippen LogP contribution in [0.2, 0.25) is 5.22 Å². The molecule has 0 aliphatic heterocycles. The summed E-state index contributed by atoms with van der Waals surface area (Å²) in [6.07, 6.45) is 2.75. The highest BCUT2D eigenvalue weighted by molar-refractivity contribution is 6.29. The van der Waals surface area contributed by atoms with Crippen LogP contribution in [0.25, 0.3) is 0 Å². The van der Waals surface area contributed by atoms with Crippen LogP contribution in [0.4, 0.5) is 0 Å². The minimum Gasteiger partial charge on any atom is -0.453 e. The number of halogens is 1. The fourth-order valence-corrected chi connectivity index (χ4v) is 1.74. The molecule has 0 bridgehead atoms. The first kappa shape index (κ1) is 10.6. The molecule has 2 nitrogen and oxygen atoms in total. The maximum absolute atomic E-state index is 5.91. The highest BCUT2D eigenvalue weighted by atomic mass is 35.5. The summed E-state index contributed by atoms with van der Waals surface area (Å²) in [5.74, 6) is 0.556. The van der Waals surface area contributed by atoms with Crippen LogP contribution in [0.3, 0.4) is 0 Å². The van der Waals surface area contributed by atoms with Crippen molar-refractivity contribution in [3.8, 4) is 0 Å². The molecule has 1 aromatic heterocycles. The summed E-state index contributed by atoms with van der Waals surface area (Å²) in [7, 11) is 1.94. The molecule has 0 amide bonds. The summed E-state index contributed by atoms with van der Waals surface area (Å²) in [5.41, 5.74) is 1.05. The van der Waals surface area contributed by atoms with Gasteiger partial charge in [0, 0.05) is 11.6 Å². The molecular weight excluding hydrogens is 186 g/mol. The van der Waals surface area contributed by atoms with E-state index in [1.165, 1.54) is 0 Å². The van der Waals surface area contributed by atoms with Crippen LogP contribution in [0.1, 0.15) is 31.9 Å².